The summed E-state index contributed by atoms with van der Waals surface area (Å²) < 4.78 is 0. The first-order valence-electron chi connectivity index (χ1n) is 13.2. The number of aliphatic carboxylic acids is 1. The van der Waals surface area contributed by atoms with Crippen molar-refractivity contribution in [3.63, 3.8) is 0 Å². The first kappa shape index (κ1) is 23.1. The van der Waals surface area contributed by atoms with E-state index in [9.17, 15) is 14.7 Å². The summed E-state index contributed by atoms with van der Waals surface area (Å²) in [4.78, 5) is 25.2. The Bertz CT molecular complexity index is 981. The molecule has 0 aromatic carbocycles. The second-order valence-corrected chi connectivity index (χ2v) is 13.3. The van der Waals surface area contributed by atoms with Gasteiger partial charge in [-0.1, -0.05) is 57.6 Å². The van der Waals surface area contributed by atoms with Crippen molar-refractivity contribution in [1.29, 1.82) is 0 Å². The standard InChI is InChI=1S/C30H42O3/c1-19(2)8-7-9-20(25(32)33)21-12-14-28(6)23-11-10-22-26(3,4)24(31)13-15-29(22)18-30(23,29)17-16-27(21,28)5/h8,13,15-17,20-23H,7,9-12,14,18H2,1-6H3,(H,32,33)/t20-,21+,22-,23-,27-,28-,29-,30+/m0/s1. The molecule has 0 aromatic heterocycles. The van der Waals surface area contributed by atoms with E-state index in [-0.39, 0.29) is 44.7 Å². The molecule has 5 aliphatic rings. The smallest absolute Gasteiger partial charge is 0.306 e. The van der Waals surface area contributed by atoms with Crippen LogP contribution >= 0.6 is 0 Å². The van der Waals surface area contributed by atoms with Crippen molar-refractivity contribution in [2.75, 3.05) is 0 Å². The van der Waals surface area contributed by atoms with Crippen LogP contribution in [0.2, 0.25) is 0 Å². The van der Waals surface area contributed by atoms with Gasteiger partial charge in [-0.2, -0.15) is 0 Å². The molecule has 3 saturated carbocycles. The van der Waals surface area contributed by atoms with E-state index in [0.29, 0.717) is 11.8 Å². The van der Waals surface area contributed by atoms with Crippen molar-refractivity contribution in [3.8, 4) is 0 Å². The highest BCUT2D eigenvalue weighted by Gasteiger charge is 2.80. The van der Waals surface area contributed by atoms with Crippen LogP contribution in [0.5, 0.6) is 0 Å². The quantitative estimate of drug-likeness (QED) is 0.459. The van der Waals surface area contributed by atoms with Crippen LogP contribution in [0.3, 0.4) is 0 Å². The average molecular weight is 451 g/mol. The molecule has 3 heteroatoms. The Morgan fingerprint density at radius 3 is 2.39 bits per heavy atom. The van der Waals surface area contributed by atoms with Crippen molar-refractivity contribution in [1.82, 2.24) is 0 Å². The molecule has 0 bridgehead atoms. The first-order valence-corrected chi connectivity index (χ1v) is 13.2. The Morgan fingerprint density at radius 2 is 1.73 bits per heavy atom. The Kier molecular flexibility index (Phi) is 4.87. The van der Waals surface area contributed by atoms with Crippen molar-refractivity contribution < 1.29 is 14.7 Å². The van der Waals surface area contributed by atoms with E-state index in [1.54, 1.807) is 0 Å². The SMILES string of the molecule is CC(C)=CCC[C@H](C(=O)O)[C@H]1CC[C@@]2(C)[C@@H]3CC[C@H]4C(C)(C)C(=O)C=C[C@]45C[C@]35C=C[C@@]12C. The molecule has 5 rings (SSSR count). The number of hydrogen-bond donors (Lipinski definition) is 1. The lowest BCUT2D eigenvalue weighted by molar-refractivity contribution is -0.146. The third-order valence-electron chi connectivity index (χ3n) is 11.7. The summed E-state index contributed by atoms with van der Waals surface area (Å²) in [7, 11) is 0. The normalized spacial score (nSPS) is 47.1. The van der Waals surface area contributed by atoms with Gasteiger partial charge in [0, 0.05) is 16.2 Å². The molecule has 0 radical (unpaired) electrons. The van der Waals surface area contributed by atoms with Crippen LogP contribution in [-0.2, 0) is 9.59 Å². The molecular formula is C30H42O3. The number of rotatable bonds is 5. The molecule has 3 nitrogen and oxygen atoms in total. The first-order chi connectivity index (χ1) is 15.4. The lowest BCUT2D eigenvalue weighted by Gasteiger charge is -2.59. The van der Waals surface area contributed by atoms with E-state index in [2.05, 4.69) is 65.8 Å². The maximum Gasteiger partial charge on any atom is 0.306 e. The summed E-state index contributed by atoms with van der Waals surface area (Å²) in [6.07, 6.45) is 18.5. The maximum absolute atomic E-state index is 12.7. The number of carbonyl (C=O) groups is 2. The molecule has 3 fully saturated rings. The molecule has 0 amide bonds. The molecule has 0 saturated heterocycles. The summed E-state index contributed by atoms with van der Waals surface area (Å²) >= 11 is 0. The molecule has 33 heavy (non-hydrogen) atoms. The van der Waals surface area contributed by atoms with Crippen LogP contribution in [0.4, 0.5) is 0 Å². The van der Waals surface area contributed by atoms with Gasteiger partial charge >= 0.3 is 5.97 Å². The molecule has 180 valence electrons. The zero-order valence-electron chi connectivity index (χ0n) is 21.4. The number of hydrogen-bond acceptors (Lipinski definition) is 2. The second kappa shape index (κ2) is 6.95. The number of carbonyl (C=O) groups excluding carboxylic acids is 1. The van der Waals surface area contributed by atoms with Crippen molar-refractivity contribution in [3.05, 3.63) is 36.0 Å². The number of fused-ring (bicyclic) bond motifs is 2. The van der Waals surface area contributed by atoms with E-state index in [0.717, 1.165) is 44.9 Å². The third kappa shape index (κ3) is 2.74. The highest BCUT2D eigenvalue weighted by molar-refractivity contribution is 5.96. The average Bonchev–Trinajstić information content (AvgIpc) is 3.32. The van der Waals surface area contributed by atoms with Crippen LogP contribution < -0.4 is 0 Å². The maximum atomic E-state index is 12.7. The summed E-state index contributed by atoms with van der Waals surface area (Å²) in [5.41, 5.74) is 1.30. The number of carboxylic acids is 1. The molecule has 0 aromatic rings. The fraction of sp³-hybridized carbons (Fsp3) is 0.733. The Labute approximate surface area is 199 Å². The second-order valence-electron chi connectivity index (χ2n) is 13.3. The van der Waals surface area contributed by atoms with E-state index in [1.807, 2.05) is 6.08 Å². The third-order valence-corrected chi connectivity index (χ3v) is 11.7. The van der Waals surface area contributed by atoms with E-state index in [1.165, 1.54) is 5.57 Å². The van der Waals surface area contributed by atoms with Crippen LogP contribution in [0.1, 0.15) is 86.5 Å². The predicted molar refractivity (Wildman–Crippen MR) is 131 cm³/mol. The molecule has 0 heterocycles. The molecule has 0 unspecified atom stereocenters. The highest BCUT2D eigenvalue weighted by atomic mass is 16.4. The highest BCUT2D eigenvalue weighted by Crippen LogP contribution is 2.86. The number of allylic oxidation sites excluding steroid dienone is 6. The molecule has 5 aliphatic carbocycles. The Morgan fingerprint density at radius 1 is 1.06 bits per heavy atom. The fourth-order valence-corrected chi connectivity index (χ4v) is 9.65. The van der Waals surface area contributed by atoms with Crippen molar-refractivity contribution >= 4 is 11.8 Å². The monoisotopic (exact) mass is 450 g/mol. The molecule has 0 aliphatic heterocycles. The summed E-state index contributed by atoms with van der Waals surface area (Å²) in [5.74, 6) is 0.555. The largest absolute Gasteiger partial charge is 0.481 e. The van der Waals surface area contributed by atoms with Gasteiger partial charge in [0.15, 0.2) is 5.78 Å². The van der Waals surface area contributed by atoms with E-state index in [4.69, 9.17) is 0 Å². The van der Waals surface area contributed by atoms with Crippen LogP contribution in [0.15, 0.2) is 36.0 Å². The van der Waals surface area contributed by atoms with Gasteiger partial charge < -0.3 is 5.11 Å². The molecule has 2 spiro atoms. The zero-order valence-corrected chi connectivity index (χ0v) is 21.4. The van der Waals surface area contributed by atoms with Crippen molar-refractivity contribution in [2.24, 2.45) is 50.7 Å². The van der Waals surface area contributed by atoms with Gasteiger partial charge in [-0.25, -0.2) is 0 Å². The van der Waals surface area contributed by atoms with Gasteiger partial charge in [0.25, 0.3) is 0 Å². The van der Waals surface area contributed by atoms with Gasteiger partial charge in [-0.15, -0.1) is 0 Å². The number of carboxylic acid groups (broad SMARTS) is 1. The predicted octanol–water partition coefficient (Wildman–Crippen LogP) is 6.99. The van der Waals surface area contributed by atoms with Gasteiger partial charge in [0.05, 0.1) is 5.92 Å². The fourth-order valence-electron chi connectivity index (χ4n) is 9.65. The van der Waals surface area contributed by atoms with E-state index < -0.39 is 5.97 Å². The van der Waals surface area contributed by atoms with E-state index >= 15 is 0 Å². The molecule has 1 N–H and O–H groups in total. The van der Waals surface area contributed by atoms with Gasteiger partial charge in [-0.3, -0.25) is 9.59 Å². The minimum atomic E-state index is -0.622. The van der Waals surface area contributed by atoms with Crippen LogP contribution in [0.25, 0.3) is 0 Å². The van der Waals surface area contributed by atoms with Gasteiger partial charge in [-0.05, 0) is 93.5 Å². The van der Waals surface area contributed by atoms with Crippen LogP contribution in [-0.4, -0.2) is 16.9 Å². The minimum absolute atomic E-state index is 0.0860. The summed E-state index contributed by atoms with van der Waals surface area (Å²) in [5, 5.41) is 10.2. The molecular weight excluding hydrogens is 408 g/mol. The van der Waals surface area contributed by atoms with Gasteiger partial charge in [0.1, 0.15) is 0 Å². The summed E-state index contributed by atoms with van der Waals surface area (Å²) in [6.45, 7) is 13.3. The Hall–Kier alpha value is -1.64. The lowest BCUT2D eigenvalue weighted by Crippen LogP contribution is -2.54. The zero-order chi connectivity index (χ0) is 24.0. The topological polar surface area (TPSA) is 54.4 Å². The van der Waals surface area contributed by atoms with Crippen LogP contribution in [0, 0.1) is 50.7 Å². The summed E-state index contributed by atoms with van der Waals surface area (Å²) in [6, 6.07) is 0. The van der Waals surface area contributed by atoms with Gasteiger partial charge in [0.2, 0.25) is 0 Å². The molecule has 8 atom stereocenters. The number of ketones is 1. The Balaban J connectivity index is 1.51. The lowest BCUT2D eigenvalue weighted by atomic mass is 9.45. The van der Waals surface area contributed by atoms with Crippen molar-refractivity contribution in [2.45, 2.75) is 86.5 Å². The minimum Gasteiger partial charge on any atom is -0.481 e.